The summed E-state index contributed by atoms with van der Waals surface area (Å²) in [6.07, 6.45) is 16.8. The van der Waals surface area contributed by atoms with E-state index in [1.54, 1.807) is 3.59 Å². The summed E-state index contributed by atoms with van der Waals surface area (Å²) in [5.41, 5.74) is 1.46. The summed E-state index contributed by atoms with van der Waals surface area (Å²) in [6, 6.07) is 9.12. The van der Waals surface area contributed by atoms with Gasteiger partial charge in [-0.05, 0) is 0 Å². The van der Waals surface area contributed by atoms with Gasteiger partial charge in [0, 0.05) is 0 Å². The molecule has 0 radical (unpaired) electrons. The molecule has 0 fully saturated rings. The Kier molecular flexibility index (Phi) is 16.1. The van der Waals surface area contributed by atoms with Gasteiger partial charge in [0.15, 0.2) is 0 Å². The molecule has 0 saturated carbocycles. The molecule has 0 aromatic heterocycles. The molecule has 2 heteroatoms. The summed E-state index contributed by atoms with van der Waals surface area (Å²) in [5, 5.41) is 0. The van der Waals surface area contributed by atoms with Crippen molar-refractivity contribution in [2.24, 2.45) is 0 Å². The summed E-state index contributed by atoms with van der Waals surface area (Å²) >= 11 is 1.11. The van der Waals surface area contributed by atoms with Gasteiger partial charge in [0.25, 0.3) is 0 Å². The first-order valence-electron chi connectivity index (χ1n) is 12.6. The molecule has 1 aromatic rings. The maximum absolute atomic E-state index is 3.63. The van der Waals surface area contributed by atoms with Gasteiger partial charge in [-0.3, -0.25) is 0 Å². The third kappa shape index (κ3) is 10.4. The van der Waals surface area contributed by atoms with Crippen LogP contribution in [0.15, 0.2) is 34.8 Å². The van der Waals surface area contributed by atoms with Crippen molar-refractivity contribution in [3.05, 3.63) is 40.4 Å². The first-order chi connectivity index (χ1) is 14.6. The molecule has 1 rings (SSSR count). The van der Waals surface area contributed by atoms with Gasteiger partial charge >= 0.3 is 202 Å². The van der Waals surface area contributed by atoms with Crippen molar-refractivity contribution in [3.8, 4) is 11.8 Å². The van der Waals surface area contributed by atoms with Gasteiger partial charge in [-0.25, -0.2) is 0 Å². The molecule has 0 N–H and O–H groups in total. The van der Waals surface area contributed by atoms with Gasteiger partial charge < -0.3 is 0 Å². The van der Waals surface area contributed by atoms with E-state index in [4.69, 9.17) is 0 Å². The van der Waals surface area contributed by atoms with E-state index in [0.717, 1.165) is 6.42 Å². The van der Waals surface area contributed by atoms with Crippen LogP contribution in [0.3, 0.4) is 0 Å². The van der Waals surface area contributed by atoms with E-state index in [2.05, 4.69) is 85.8 Å². The van der Waals surface area contributed by atoms with Crippen LogP contribution in [0, 0.1) is 11.8 Å². The molecule has 0 bridgehead atoms. The molecular formula is C28H45BrSn. The van der Waals surface area contributed by atoms with Crippen molar-refractivity contribution in [1.29, 1.82) is 0 Å². The molecule has 30 heavy (non-hydrogen) atoms. The van der Waals surface area contributed by atoms with Gasteiger partial charge in [0.05, 0.1) is 0 Å². The van der Waals surface area contributed by atoms with Crippen molar-refractivity contribution in [2.45, 2.75) is 112 Å². The average molecular weight is 580 g/mol. The Morgan fingerprint density at radius 3 is 1.80 bits per heavy atom. The fourth-order valence-corrected chi connectivity index (χ4v) is 21.2. The standard InChI is InChI=1S/C16H18Br.3C4H9.Sn/c1-2-3-4-5-6-7-8-9-10-15-11-13-16(17)14-12-15;3*1-3-4-2;/h9,11-14H,2-6H2,1H3;3*1,3-4H2,2H3;. The molecular weight excluding hydrogens is 535 g/mol. The van der Waals surface area contributed by atoms with Gasteiger partial charge in [-0.2, -0.15) is 0 Å². The van der Waals surface area contributed by atoms with E-state index >= 15 is 0 Å². The van der Waals surface area contributed by atoms with E-state index in [1.807, 2.05) is 0 Å². The number of benzene rings is 1. The predicted molar refractivity (Wildman–Crippen MR) is 144 cm³/mol. The van der Waals surface area contributed by atoms with E-state index in [0.29, 0.717) is 0 Å². The molecule has 0 spiro atoms. The predicted octanol–water partition coefficient (Wildman–Crippen LogP) is 10.2. The zero-order valence-corrected chi connectivity index (χ0v) is 24.6. The minimum atomic E-state index is -2.53. The molecule has 0 aliphatic heterocycles. The van der Waals surface area contributed by atoms with Crippen molar-refractivity contribution >= 4 is 37.9 Å². The Morgan fingerprint density at radius 2 is 1.30 bits per heavy atom. The molecule has 0 aliphatic carbocycles. The summed E-state index contributed by atoms with van der Waals surface area (Å²) < 4.78 is 7.35. The van der Waals surface area contributed by atoms with Crippen LogP contribution in [0.1, 0.15) is 104 Å². The normalized spacial score (nSPS) is 12.0. The first kappa shape index (κ1) is 27.8. The molecule has 0 aliphatic rings. The van der Waals surface area contributed by atoms with Crippen molar-refractivity contribution in [1.82, 2.24) is 0 Å². The van der Waals surface area contributed by atoms with Crippen LogP contribution in [0.25, 0.3) is 3.59 Å². The van der Waals surface area contributed by atoms with Crippen LogP contribution in [0.2, 0.25) is 13.3 Å². The monoisotopic (exact) mass is 580 g/mol. The second-order valence-electron chi connectivity index (χ2n) is 8.79. The number of hydrogen-bond donors (Lipinski definition) is 0. The Labute approximate surface area is 200 Å². The quantitative estimate of drug-likeness (QED) is 0.110. The molecule has 0 nitrogen and oxygen atoms in total. The number of halogens is 1. The summed E-state index contributed by atoms with van der Waals surface area (Å²) in [6.45, 7) is 9.34. The number of unbranched alkanes of at least 4 members (excludes halogenated alkanes) is 7. The molecule has 1 aromatic carbocycles. The summed E-state index contributed by atoms with van der Waals surface area (Å²) in [5.74, 6) is 7.03. The molecule has 0 atom stereocenters. The van der Waals surface area contributed by atoms with Gasteiger partial charge in [0.2, 0.25) is 0 Å². The number of hydrogen-bond acceptors (Lipinski definition) is 0. The Hall–Kier alpha value is -0.201. The average Bonchev–Trinajstić information content (AvgIpc) is 2.77. The van der Waals surface area contributed by atoms with Crippen molar-refractivity contribution in [3.63, 3.8) is 0 Å². The second-order valence-corrected chi connectivity index (χ2v) is 22.8. The zero-order chi connectivity index (χ0) is 22.1. The second kappa shape index (κ2) is 17.4. The van der Waals surface area contributed by atoms with Crippen LogP contribution < -0.4 is 0 Å². The fraction of sp³-hybridized carbons (Fsp3) is 0.643. The summed E-state index contributed by atoms with van der Waals surface area (Å²) in [7, 11) is 0. The maximum atomic E-state index is 3.63. The Bertz CT molecular complexity index is 626. The molecule has 0 saturated heterocycles. The third-order valence-corrected chi connectivity index (χ3v) is 22.5. The van der Waals surface area contributed by atoms with Gasteiger partial charge in [0.1, 0.15) is 0 Å². The fourth-order valence-electron chi connectivity index (χ4n) is 4.33. The van der Waals surface area contributed by atoms with E-state index in [9.17, 15) is 0 Å². The van der Waals surface area contributed by atoms with Gasteiger partial charge in [-0.15, -0.1) is 0 Å². The van der Waals surface area contributed by atoms with E-state index in [-0.39, 0.29) is 0 Å². The Balaban J connectivity index is 3.29. The minimum absolute atomic E-state index is 1.05. The van der Waals surface area contributed by atoms with Crippen LogP contribution >= 0.6 is 15.9 Å². The van der Waals surface area contributed by atoms with Crippen molar-refractivity contribution in [2.75, 3.05) is 0 Å². The van der Waals surface area contributed by atoms with E-state index in [1.165, 1.54) is 87.6 Å². The van der Waals surface area contributed by atoms with Crippen molar-refractivity contribution < 1.29 is 0 Å². The topological polar surface area (TPSA) is 0 Å². The number of allylic oxidation sites excluding steroid dienone is 1. The van der Waals surface area contributed by atoms with Crippen LogP contribution in [0.5, 0.6) is 0 Å². The van der Waals surface area contributed by atoms with E-state index < -0.39 is 18.4 Å². The Morgan fingerprint density at radius 1 is 0.767 bits per heavy atom. The SMILES string of the molecule is CCCCCCC#C/C=[C](/c1ccc(Br)cc1)[Sn]([CH2]CCC)([CH2]CCC)[CH2]CCC. The zero-order valence-electron chi connectivity index (χ0n) is 20.2. The van der Waals surface area contributed by atoms with Crippen LogP contribution in [-0.4, -0.2) is 18.4 Å². The molecule has 0 heterocycles. The molecule has 0 unspecified atom stereocenters. The molecule has 0 amide bonds. The van der Waals surface area contributed by atoms with Gasteiger partial charge in [-0.1, -0.05) is 0 Å². The van der Waals surface area contributed by atoms with Crippen LogP contribution in [0.4, 0.5) is 0 Å². The van der Waals surface area contributed by atoms with Crippen LogP contribution in [-0.2, 0) is 0 Å². The number of rotatable bonds is 15. The first-order valence-corrected chi connectivity index (χ1v) is 20.9. The molecule has 168 valence electrons. The third-order valence-electron chi connectivity index (χ3n) is 6.23. The summed E-state index contributed by atoms with van der Waals surface area (Å²) in [4.78, 5) is 0.